The van der Waals surface area contributed by atoms with Crippen LogP contribution in [0.3, 0.4) is 0 Å². The summed E-state index contributed by atoms with van der Waals surface area (Å²) in [5.74, 6) is 0. The normalized spacial score (nSPS) is 11.8. The molecule has 8 heteroatoms. The highest BCUT2D eigenvalue weighted by Crippen LogP contribution is 2.38. The monoisotopic (exact) mass is 418 g/mol. The van der Waals surface area contributed by atoms with Gasteiger partial charge in [-0.1, -0.05) is 36.4 Å². The number of nitrogens with one attached hydrogen (secondary N) is 1. The van der Waals surface area contributed by atoms with Gasteiger partial charge in [-0.3, -0.25) is 4.55 Å². The van der Waals surface area contributed by atoms with Crippen molar-refractivity contribution in [1.29, 1.82) is 0 Å². The fourth-order valence-electron chi connectivity index (χ4n) is 3.14. The van der Waals surface area contributed by atoms with E-state index in [2.05, 4.69) is 15.5 Å². The van der Waals surface area contributed by atoms with Crippen molar-refractivity contribution in [3.05, 3.63) is 84.9 Å². The van der Waals surface area contributed by atoms with Crippen LogP contribution < -0.4 is 11.1 Å². The largest absolute Gasteiger partial charge is 0.399 e. The fourth-order valence-corrected chi connectivity index (χ4v) is 3.87. The fraction of sp³-hybridized carbons (Fsp3) is 0. The molecule has 0 saturated heterocycles. The van der Waals surface area contributed by atoms with Crippen LogP contribution in [-0.2, 0) is 10.1 Å². The average molecular weight is 418 g/mol. The molecular weight excluding hydrogens is 400 g/mol. The molecular formula is C22H18N4O3S. The lowest BCUT2D eigenvalue weighted by Gasteiger charge is -2.13. The Kier molecular flexibility index (Phi) is 5.18. The summed E-state index contributed by atoms with van der Waals surface area (Å²) < 4.78 is 33.9. The number of nitrogens with zero attached hydrogens (tertiary/aromatic N) is 2. The lowest BCUT2D eigenvalue weighted by Crippen LogP contribution is -2.01. The van der Waals surface area contributed by atoms with Crippen LogP contribution in [0.15, 0.2) is 100 Å². The van der Waals surface area contributed by atoms with E-state index >= 15 is 0 Å². The minimum Gasteiger partial charge on any atom is -0.399 e. The van der Waals surface area contributed by atoms with Crippen LogP contribution in [-0.4, -0.2) is 13.0 Å². The molecule has 0 atom stereocenters. The van der Waals surface area contributed by atoms with Crippen molar-refractivity contribution in [3.8, 4) is 0 Å². The van der Waals surface area contributed by atoms with Crippen LogP contribution in [0.2, 0.25) is 0 Å². The third-order valence-corrected chi connectivity index (χ3v) is 5.35. The number of nitrogens with two attached hydrogens (primary N) is 1. The van der Waals surface area contributed by atoms with Gasteiger partial charge in [-0.25, -0.2) is 0 Å². The minimum atomic E-state index is -4.46. The van der Waals surface area contributed by atoms with E-state index in [0.717, 1.165) is 5.69 Å². The van der Waals surface area contributed by atoms with Crippen LogP contribution in [0.25, 0.3) is 10.8 Å². The first kappa shape index (κ1) is 19.6. The van der Waals surface area contributed by atoms with Crippen LogP contribution in [0.5, 0.6) is 0 Å². The summed E-state index contributed by atoms with van der Waals surface area (Å²) in [7, 11) is -4.46. The molecule has 4 N–H and O–H groups in total. The molecule has 4 rings (SSSR count). The quantitative estimate of drug-likeness (QED) is 0.214. The molecule has 4 aromatic rings. The Hall–Kier alpha value is -3.75. The first-order valence-corrected chi connectivity index (χ1v) is 10.5. The number of rotatable bonds is 5. The van der Waals surface area contributed by atoms with E-state index in [1.807, 2.05) is 30.3 Å². The van der Waals surface area contributed by atoms with Crippen LogP contribution in [0.1, 0.15) is 0 Å². The lowest BCUT2D eigenvalue weighted by molar-refractivity contribution is 0.484. The highest BCUT2D eigenvalue weighted by atomic mass is 32.2. The van der Waals surface area contributed by atoms with Crippen LogP contribution >= 0.6 is 0 Å². The van der Waals surface area contributed by atoms with Crippen LogP contribution in [0, 0.1) is 0 Å². The summed E-state index contributed by atoms with van der Waals surface area (Å²) >= 11 is 0. The minimum absolute atomic E-state index is 0.209. The van der Waals surface area contributed by atoms with E-state index in [9.17, 15) is 13.0 Å². The van der Waals surface area contributed by atoms with E-state index in [1.54, 1.807) is 48.5 Å². The molecule has 150 valence electrons. The van der Waals surface area contributed by atoms with Gasteiger partial charge in [-0.15, -0.1) is 5.11 Å². The van der Waals surface area contributed by atoms with Crippen molar-refractivity contribution in [2.45, 2.75) is 4.90 Å². The predicted octanol–water partition coefficient (Wildman–Crippen LogP) is 5.83. The first-order valence-electron chi connectivity index (χ1n) is 9.04. The molecule has 0 aliphatic heterocycles. The Bertz CT molecular complexity index is 1350. The number of hydrogen-bond acceptors (Lipinski definition) is 6. The SMILES string of the molecule is Nc1cccc(N=Nc2ccc(Nc3ccccc3)c3c(S(=O)(=O)O)cccc23)c1. The van der Waals surface area contributed by atoms with Crippen molar-refractivity contribution in [2.24, 2.45) is 10.2 Å². The number of hydrogen-bond donors (Lipinski definition) is 3. The molecule has 7 nitrogen and oxygen atoms in total. The van der Waals surface area contributed by atoms with Gasteiger partial charge in [-0.2, -0.15) is 13.5 Å². The third kappa shape index (κ3) is 4.14. The topological polar surface area (TPSA) is 117 Å². The number of anilines is 3. The van der Waals surface area contributed by atoms with Gasteiger partial charge in [0, 0.05) is 27.8 Å². The van der Waals surface area contributed by atoms with Crippen molar-refractivity contribution >= 4 is 49.3 Å². The maximum atomic E-state index is 12.0. The molecule has 0 unspecified atom stereocenters. The van der Waals surface area contributed by atoms with Gasteiger partial charge >= 0.3 is 0 Å². The molecule has 0 fully saturated rings. The highest BCUT2D eigenvalue weighted by molar-refractivity contribution is 7.86. The van der Waals surface area contributed by atoms with Gasteiger partial charge in [0.25, 0.3) is 10.1 Å². The van der Waals surface area contributed by atoms with Gasteiger partial charge in [-0.05, 0) is 48.5 Å². The second kappa shape index (κ2) is 7.94. The zero-order valence-electron chi connectivity index (χ0n) is 15.7. The zero-order valence-corrected chi connectivity index (χ0v) is 16.5. The summed E-state index contributed by atoms with van der Waals surface area (Å²) in [4.78, 5) is -0.209. The molecule has 0 bridgehead atoms. The lowest BCUT2D eigenvalue weighted by atomic mass is 10.1. The Labute approximate surface area is 173 Å². The molecule has 4 aromatic carbocycles. The number of para-hydroxylation sites is 1. The molecule has 0 amide bonds. The maximum Gasteiger partial charge on any atom is 0.295 e. The second-order valence-electron chi connectivity index (χ2n) is 6.57. The van der Waals surface area contributed by atoms with E-state index < -0.39 is 10.1 Å². The van der Waals surface area contributed by atoms with E-state index in [4.69, 9.17) is 5.73 Å². The number of fused-ring (bicyclic) bond motifs is 1. The van der Waals surface area contributed by atoms with E-state index in [0.29, 0.717) is 33.5 Å². The molecule has 0 heterocycles. The summed E-state index contributed by atoms with van der Waals surface area (Å²) in [6, 6.07) is 24.4. The molecule has 0 radical (unpaired) electrons. The molecule has 0 aliphatic rings. The number of nitrogen functional groups attached to an aromatic ring is 1. The Morgan fingerprint density at radius 3 is 2.33 bits per heavy atom. The first-order chi connectivity index (χ1) is 14.4. The van der Waals surface area contributed by atoms with Crippen molar-refractivity contribution in [3.63, 3.8) is 0 Å². The summed E-state index contributed by atoms with van der Waals surface area (Å²) in [5, 5.41) is 12.5. The van der Waals surface area contributed by atoms with E-state index in [-0.39, 0.29) is 4.90 Å². The third-order valence-electron chi connectivity index (χ3n) is 4.45. The van der Waals surface area contributed by atoms with Gasteiger partial charge in [0.2, 0.25) is 0 Å². The van der Waals surface area contributed by atoms with E-state index in [1.165, 1.54) is 6.07 Å². The van der Waals surface area contributed by atoms with Gasteiger partial charge in [0.15, 0.2) is 0 Å². The number of azo groups is 1. The molecule has 0 saturated carbocycles. The van der Waals surface area contributed by atoms with Gasteiger partial charge < -0.3 is 11.1 Å². The maximum absolute atomic E-state index is 12.0. The van der Waals surface area contributed by atoms with Crippen molar-refractivity contribution < 1.29 is 13.0 Å². The second-order valence-corrected chi connectivity index (χ2v) is 7.96. The Morgan fingerprint density at radius 1 is 0.833 bits per heavy atom. The predicted molar refractivity (Wildman–Crippen MR) is 119 cm³/mol. The molecule has 30 heavy (non-hydrogen) atoms. The highest BCUT2D eigenvalue weighted by Gasteiger charge is 2.18. The van der Waals surface area contributed by atoms with Gasteiger partial charge in [0.05, 0.1) is 11.4 Å². The summed E-state index contributed by atoms with van der Waals surface area (Å²) in [5.41, 5.74) is 8.66. The molecule has 0 aliphatic carbocycles. The Balaban J connectivity index is 1.89. The average Bonchev–Trinajstić information content (AvgIpc) is 2.73. The number of benzene rings is 4. The van der Waals surface area contributed by atoms with Crippen molar-refractivity contribution in [1.82, 2.24) is 0 Å². The summed E-state index contributed by atoms with van der Waals surface area (Å²) in [6.07, 6.45) is 0. The summed E-state index contributed by atoms with van der Waals surface area (Å²) in [6.45, 7) is 0. The Morgan fingerprint density at radius 2 is 1.60 bits per heavy atom. The zero-order chi connectivity index (χ0) is 21.1. The van der Waals surface area contributed by atoms with Crippen molar-refractivity contribution in [2.75, 3.05) is 11.1 Å². The molecule has 0 spiro atoms. The molecule has 0 aromatic heterocycles. The smallest absolute Gasteiger partial charge is 0.295 e. The van der Waals surface area contributed by atoms with Crippen LogP contribution in [0.4, 0.5) is 28.4 Å². The van der Waals surface area contributed by atoms with Gasteiger partial charge in [0.1, 0.15) is 4.90 Å². The standard InChI is InChI=1S/C22H18N4O3S/c23-15-6-4-9-17(14-15)25-26-19-12-13-20(24-16-7-2-1-3-8-16)22-18(19)10-5-11-21(22)30(27,28)29/h1-14,24H,23H2,(H,27,28,29).